The number of allylic oxidation sites excluding steroid dienone is 2. The summed E-state index contributed by atoms with van der Waals surface area (Å²) in [5.41, 5.74) is 2.49. The maximum Gasteiger partial charge on any atom is 0.133 e. The van der Waals surface area contributed by atoms with Gasteiger partial charge in [-0.1, -0.05) is 65.8 Å². The number of rotatable bonds is 2. The second kappa shape index (κ2) is 6.45. The minimum absolute atomic E-state index is 0.546. The lowest BCUT2D eigenvalue weighted by Gasteiger charge is -2.14. The lowest BCUT2D eigenvalue weighted by atomic mass is 9.99. The molecule has 3 aromatic rings. The van der Waals surface area contributed by atoms with E-state index in [2.05, 4.69) is 5.94 Å². The molecular weight excluding hydrogens is 350 g/mol. The number of anilines is 1. The number of hydrogen-bond donors (Lipinski definition) is 0. The molecule has 0 spiro atoms. The Hall–Kier alpha value is -2.45. The third-order valence-electron chi connectivity index (χ3n) is 4.29. The maximum absolute atomic E-state index is 11.7. The van der Waals surface area contributed by atoms with Crippen LogP contribution < -0.4 is 4.90 Å². The van der Waals surface area contributed by atoms with Gasteiger partial charge in [0.05, 0.1) is 16.3 Å². The monoisotopic (exact) mass is 363 g/mol. The van der Waals surface area contributed by atoms with E-state index in [1.54, 1.807) is 11.8 Å². The van der Waals surface area contributed by atoms with Crippen LogP contribution in [-0.4, -0.2) is 13.0 Å². The quantitative estimate of drug-likeness (QED) is 0.537. The zero-order valence-electron chi connectivity index (χ0n) is 13.5. The van der Waals surface area contributed by atoms with Crippen molar-refractivity contribution in [2.75, 3.05) is 11.9 Å². The molecule has 3 aromatic carbocycles. The molecule has 1 aliphatic heterocycles. The van der Waals surface area contributed by atoms with Crippen molar-refractivity contribution in [3.63, 3.8) is 0 Å². The summed E-state index contributed by atoms with van der Waals surface area (Å²) in [6.45, 7) is 0. The van der Waals surface area contributed by atoms with Crippen molar-refractivity contribution in [2.45, 2.75) is 4.90 Å². The highest BCUT2D eigenvalue weighted by atomic mass is 35.5. The Kier molecular flexibility index (Phi) is 4.14. The van der Waals surface area contributed by atoms with Gasteiger partial charge in [-0.2, -0.15) is 0 Å². The molecule has 1 aliphatic rings. The highest BCUT2D eigenvalue weighted by Crippen LogP contribution is 2.46. The van der Waals surface area contributed by atoms with Crippen LogP contribution in [0.15, 0.2) is 76.7 Å². The van der Waals surface area contributed by atoms with E-state index in [1.807, 2.05) is 78.7 Å². The Bertz CT molecular complexity index is 1060. The van der Waals surface area contributed by atoms with Crippen molar-refractivity contribution < 1.29 is 4.79 Å². The Morgan fingerprint density at radius 3 is 2.76 bits per heavy atom. The summed E-state index contributed by atoms with van der Waals surface area (Å²) in [4.78, 5) is 14.9. The summed E-state index contributed by atoms with van der Waals surface area (Å²) >= 11 is 7.73. The molecule has 2 nitrogen and oxygen atoms in total. The molecule has 0 amide bonds. The molecule has 0 saturated carbocycles. The minimum atomic E-state index is 0.546. The Labute approximate surface area is 155 Å². The van der Waals surface area contributed by atoms with Gasteiger partial charge in [-0.15, -0.1) is 0 Å². The number of halogens is 1. The summed E-state index contributed by atoms with van der Waals surface area (Å²) in [5, 5.41) is 3.83. The van der Waals surface area contributed by atoms with Gasteiger partial charge in [0, 0.05) is 22.5 Å². The number of hydrogen-bond acceptors (Lipinski definition) is 3. The van der Waals surface area contributed by atoms with Gasteiger partial charge in [-0.05, 0) is 35.0 Å². The van der Waals surface area contributed by atoms with Crippen LogP contribution in [0.4, 0.5) is 5.69 Å². The predicted molar refractivity (Wildman–Crippen MR) is 107 cm³/mol. The number of benzene rings is 3. The molecule has 0 aromatic heterocycles. The van der Waals surface area contributed by atoms with E-state index >= 15 is 0 Å². The average molecular weight is 364 g/mol. The topological polar surface area (TPSA) is 20.3 Å². The van der Waals surface area contributed by atoms with E-state index in [0.717, 1.165) is 31.9 Å². The number of thioether (sulfide) groups is 1. The first-order valence-corrected chi connectivity index (χ1v) is 9.03. The predicted octanol–water partition coefficient (Wildman–Crippen LogP) is 5.79. The van der Waals surface area contributed by atoms with Crippen LogP contribution in [-0.2, 0) is 4.79 Å². The molecule has 4 heteroatoms. The van der Waals surface area contributed by atoms with Crippen LogP contribution >= 0.6 is 23.4 Å². The maximum atomic E-state index is 11.7. The Balaban J connectivity index is 1.79. The molecule has 4 rings (SSSR count). The van der Waals surface area contributed by atoms with Crippen LogP contribution in [0, 0.1) is 0 Å². The SMILES string of the molecule is CN1C(=CC(=C=O)c2cccc3ccccc23)Sc2ccc(Cl)cc21. The third-order valence-corrected chi connectivity index (χ3v) is 5.69. The van der Waals surface area contributed by atoms with E-state index in [0.29, 0.717) is 10.6 Å². The van der Waals surface area contributed by atoms with Crippen molar-refractivity contribution in [1.29, 1.82) is 0 Å². The van der Waals surface area contributed by atoms with Crippen molar-refractivity contribution >= 4 is 51.3 Å². The van der Waals surface area contributed by atoms with E-state index in [4.69, 9.17) is 11.6 Å². The number of nitrogens with zero attached hydrogens (tertiary/aromatic N) is 1. The van der Waals surface area contributed by atoms with Crippen molar-refractivity contribution in [3.8, 4) is 0 Å². The van der Waals surface area contributed by atoms with E-state index in [9.17, 15) is 4.79 Å². The third kappa shape index (κ3) is 2.87. The van der Waals surface area contributed by atoms with Gasteiger partial charge in [0.2, 0.25) is 0 Å². The molecule has 0 fully saturated rings. The molecular formula is C21H14ClNOS. The molecule has 0 aliphatic carbocycles. The molecule has 0 atom stereocenters. The summed E-state index contributed by atoms with van der Waals surface area (Å²) in [6.07, 6.45) is 1.90. The highest BCUT2D eigenvalue weighted by Gasteiger charge is 2.23. The number of fused-ring (bicyclic) bond motifs is 2. The lowest BCUT2D eigenvalue weighted by Crippen LogP contribution is -2.09. The van der Waals surface area contributed by atoms with Crippen molar-refractivity contribution in [3.05, 3.63) is 82.4 Å². The molecule has 0 saturated heterocycles. The Morgan fingerprint density at radius 2 is 1.92 bits per heavy atom. The highest BCUT2D eigenvalue weighted by molar-refractivity contribution is 8.03. The Morgan fingerprint density at radius 1 is 1.12 bits per heavy atom. The lowest BCUT2D eigenvalue weighted by molar-refractivity contribution is 0.569. The normalized spacial score (nSPS) is 14.6. The summed E-state index contributed by atoms with van der Waals surface area (Å²) < 4.78 is 0. The fourth-order valence-electron chi connectivity index (χ4n) is 3.01. The van der Waals surface area contributed by atoms with Crippen LogP contribution in [0.3, 0.4) is 0 Å². The van der Waals surface area contributed by atoms with Gasteiger partial charge < -0.3 is 4.90 Å². The first-order valence-electron chi connectivity index (χ1n) is 7.83. The summed E-state index contributed by atoms with van der Waals surface area (Å²) in [7, 11) is 1.98. The average Bonchev–Trinajstić information content (AvgIpc) is 2.95. The second-order valence-corrected chi connectivity index (χ2v) is 7.30. The fraction of sp³-hybridized carbons (Fsp3) is 0.0476. The second-order valence-electron chi connectivity index (χ2n) is 5.80. The van der Waals surface area contributed by atoms with Crippen LogP contribution in [0.2, 0.25) is 5.02 Å². The van der Waals surface area contributed by atoms with Gasteiger partial charge in [0.25, 0.3) is 0 Å². The standard InChI is InChI=1S/C21H14ClNOS/c1-23-19-12-16(22)9-10-20(19)25-21(23)11-15(13-24)18-8-4-6-14-5-2-3-7-17(14)18/h2-12H,1H3. The number of carbonyl (C=O) groups excluding carboxylic acids is 1. The molecule has 0 unspecified atom stereocenters. The summed E-state index contributed by atoms with van der Waals surface area (Å²) in [6, 6.07) is 19.8. The molecule has 1 heterocycles. The minimum Gasteiger partial charge on any atom is -0.338 e. The van der Waals surface area contributed by atoms with Crippen molar-refractivity contribution in [2.24, 2.45) is 0 Å². The fourth-order valence-corrected chi connectivity index (χ4v) is 4.25. The van der Waals surface area contributed by atoms with E-state index in [-0.39, 0.29) is 0 Å². The summed E-state index contributed by atoms with van der Waals surface area (Å²) in [5.74, 6) is 2.12. The van der Waals surface area contributed by atoms with Crippen molar-refractivity contribution in [1.82, 2.24) is 0 Å². The van der Waals surface area contributed by atoms with Crippen LogP contribution in [0.1, 0.15) is 5.56 Å². The van der Waals surface area contributed by atoms with Crippen LogP contribution in [0.25, 0.3) is 16.3 Å². The van der Waals surface area contributed by atoms with Gasteiger partial charge in [-0.3, -0.25) is 0 Å². The smallest absolute Gasteiger partial charge is 0.133 e. The molecule has 0 bridgehead atoms. The van der Waals surface area contributed by atoms with Crippen LogP contribution in [0.5, 0.6) is 0 Å². The first kappa shape index (κ1) is 16.0. The largest absolute Gasteiger partial charge is 0.338 e. The van der Waals surface area contributed by atoms with Gasteiger partial charge in [0.1, 0.15) is 5.94 Å². The molecule has 0 N–H and O–H groups in total. The zero-order chi connectivity index (χ0) is 17.4. The van der Waals surface area contributed by atoms with E-state index in [1.165, 1.54) is 0 Å². The van der Waals surface area contributed by atoms with E-state index < -0.39 is 0 Å². The van der Waals surface area contributed by atoms with Gasteiger partial charge in [0.15, 0.2) is 0 Å². The van der Waals surface area contributed by atoms with Gasteiger partial charge >= 0.3 is 0 Å². The zero-order valence-corrected chi connectivity index (χ0v) is 15.1. The first-order chi connectivity index (χ1) is 12.2. The molecule has 122 valence electrons. The van der Waals surface area contributed by atoms with Gasteiger partial charge in [-0.25, -0.2) is 4.79 Å². The molecule has 25 heavy (non-hydrogen) atoms. The molecule has 0 radical (unpaired) electrons.